The van der Waals surface area contributed by atoms with Crippen LogP contribution in [-0.2, 0) is 16.1 Å². The molecule has 0 saturated heterocycles. The standard InChI is InChI=1S/C15H20N2O3S/c1-8(2)7-20-12(18)6-17-11(5)16-14-13(15(17)19)9(3)10(4)21-14/h8H,6-7H2,1-5H3. The molecule has 0 unspecified atom stereocenters. The Morgan fingerprint density at radius 1 is 1.33 bits per heavy atom. The van der Waals surface area contributed by atoms with E-state index in [4.69, 9.17) is 4.74 Å². The molecule has 0 aliphatic rings. The molecular formula is C15H20N2O3S. The number of aromatic nitrogens is 2. The number of carbonyl (C=O) groups excluding carboxylic acids is 1. The minimum atomic E-state index is -0.403. The molecule has 0 aliphatic carbocycles. The first-order valence-electron chi connectivity index (χ1n) is 6.94. The first kappa shape index (κ1) is 15.7. The van der Waals surface area contributed by atoms with Gasteiger partial charge in [0, 0.05) is 4.88 Å². The van der Waals surface area contributed by atoms with Gasteiger partial charge in [-0.05, 0) is 32.3 Å². The van der Waals surface area contributed by atoms with Gasteiger partial charge in [0.2, 0.25) is 0 Å². The first-order chi connectivity index (χ1) is 9.81. The monoisotopic (exact) mass is 308 g/mol. The van der Waals surface area contributed by atoms with Gasteiger partial charge in [0.25, 0.3) is 5.56 Å². The summed E-state index contributed by atoms with van der Waals surface area (Å²) in [4.78, 5) is 30.7. The lowest BCUT2D eigenvalue weighted by Gasteiger charge is -2.11. The van der Waals surface area contributed by atoms with Gasteiger partial charge in [-0.1, -0.05) is 13.8 Å². The van der Waals surface area contributed by atoms with E-state index >= 15 is 0 Å². The van der Waals surface area contributed by atoms with Gasteiger partial charge in [-0.3, -0.25) is 14.2 Å². The summed E-state index contributed by atoms with van der Waals surface area (Å²) in [6.07, 6.45) is 0. The molecule has 114 valence electrons. The van der Waals surface area contributed by atoms with Crippen LogP contribution in [0.25, 0.3) is 10.2 Å². The lowest BCUT2D eigenvalue weighted by Crippen LogP contribution is -2.28. The van der Waals surface area contributed by atoms with Gasteiger partial charge in [0.05, 0.1) is 12.0 Å². The first-order valence-corrected chi connectivity index (χ1v) is 7.75. The molecular weight excluding hydrogens is 288 g/mol. The molecule has 0 fully saturated rings. The van der Waals surface area contributed by atoms with E-state index in [2.05, 4.69) is 4.98 Å². The highest BCUT2D eigenvalue weighted by molar-refractivity contribution is 7.18. The molecule has 0 radical (unpaired) electrons. The number of nitrogens with zero attached hydrogens (tertiary/aromatic N) is 2. The van der Waals surface area contributed by atoms with Crippen molar-refractivity contribution in [2.24, 2.45) is 5.92 Å². The van der Waals surface area contributed by atoms with Gasteiger partial charge < -0.3 is 4.74 Å². The van der Waals surface area contributed by atoms with Crippen LogP contribution < -0.4 is 5.56 Å². The molecule has 2 aromatic heterocycles. The normalized spacial score (nSPS) is 11.3. The van der Waals surface area contributed by atoms with Crippen molar-refractivity contribution >= 4 is 27.5 Å². The average molecular weight is 308 g/mol. The number of thiophene rings is 1. The van der Waals surface area contributed by atoms with E-state index in [-0.39, 0.29) is 18.0 Å². The summed E-state index contributed by atoms with van der Waals surface area (Å²) in [5.74, 6) is 0.407. The number of aryl methyl sites for hydroxylation is 3. The number of carbonyl (C=O) groups is 1. The van der Waals surface area contributed by atoms with E-state index in [0.717, 1.165) is 15.3 Å². The highest BCUT2D eigenvalue weighted by Crippen LogP contribution is 2.26. The third kappa shape index (κ3) is 3.15. The zero-order valence-electron chi connectivity index (χ0n) is 13.0. The second-order valence-electron chi connectivity index (χ2n) is 5.59. The number of esters is 1. The van der Waals surface area contributed by atoms with Crippen LogP contribution in [0.2, 0.25) is 0 Å². The summed E-state index contributed by atoms with van der Waals surface area (Å²) >= 11 is 1.51. The Labute approximate surface area is 127 Å². The van der Waals surface area contributed by atoms with E-state index in [1.807, 2.05) is 27.7 Å². The van der Waals surface area contributed by atoms with E-state index in [1.54, 1.807) is 6.92 Å². The highest BCUT2D eigenvalue weighted by Gasteiger charge is 2.16. The summed E-state index contributed by atoms with van der Waals surface area (Å²) in [6, 6.07) is 0. The van der Waals surface area contributed by atoms with E-state index in [0.29, 0.717) is 17.8 Å². The largest absolute Gasteiger partial charge is 0.464 e. The van der Waals surface area contributed by atoms with Crippen molar-refractivity contribution in [2.45, 2.75) is 41.2 Å². The molecule has 6 heteroatoms. The molecule has 21 heavy (non-hydrogen) atoms. The van der Waals surface area contributed by atoms with Crippen molar-refractivity contribution < 1.29 is 9.53 Å². The Bertz CT molecular complexity index is 743. The fourth-order valence-corrected chi connectivity index (χ4v) is 3.11. The third-order valence-corrected chi connectivity index (χ3v) is 4.45. The van der Waals surface area contributed by atoms with Gasteiger partial charge in [-0.2, -0.15) is 0 Å². The average Bonchev–Trinajstić information content (AvgIpc) is 2.67. The molecule has 2 heterocycles. The quantitative estimate of drug-likeness (QED) is 0.815. The van der Waals surface area contributed by atoms with Gasteiger partial charge in [0.15, 0.2) is 0 Å². The summed E-state index contributed by atoms with van der Waals surface area (Å²) in [6.45, 7) is 9.83. The second-order valence-corrected chi connectivity index (χ2v) is 6.79. The van der Waals surface area contributed by atoms with E-state index in [1.165, 1.54) is 15.9 Å². The molecule has 0 N–H and O–H groups in total. The van der Waals surface area contributed by atoms with Gasteiger partial charge in [0.1, 0.15) is 17.2 Å². The molecule has 0 bridgehead atoms. The van der Waals surface area contributed by atoms with Crippen LogP contribution >= 0.6 is 11.3 Å². The van der Waals surface area contributed by atoms with Gasteiger partial charge in [-0.15, -0.1) is 11.3 Å². The maximum Gasteiger partial charge on any atom is 0.326 e. The Morgan fingerprint density at radius 2 is 2.00 bits per heavy atom. The maximum absolute atomic E-state index is 12.6. The Balaban J connectivity index is 2.38. The lowest BCUT2D eigenvalue weighted by atomic mass is 10.2. The van der Waals surface area contributed by atoms with Gasteiger partial charge >= 0.3 is 5.97 Å². The van der Waals surface area contributed by atoms with Crippen molar-refractivity contribution in [2.75, 3.05) is 6.61 Å². The predicted molar refractivity (Wildman–Crippen MR) is 83.9 cm³/mol. The summed E-state index contributed by atoms with van der Waals surface area (Å²) in [7, 11) is 0. The maximum atomic E-state index is 12.6. The Morgan fingerprint density at radius 3 is 2.62 bits per heavy atom. The number of hydrogen-bond acceptors (Lipinski definition) is 5. The van der Waals surface area contributed by atoms with Gasteiger partial charge in [-0.25, -0.2) is 4.98 Å². The predicted octanol–water partition coefficient (Wildman–Crippen LogP) is 2.58. The number of ether oxygens (including phenoxy) is 1. The molecule has 0 aromatic carbocycles. The molecule has 0 saturated carbocycles. The minimum Gasteiger partial charge on any atom is -0.464 e. The van der Waals surface area contributed by atoms with Crippen LogP contribution in [-0.4, -0.2) is 22.1 Å². The highest BCUT2D eigenvalue weighted by atomic mass is 32.1. The summed E-state index contributed by atoms with van der Waals surface area (Å²) in [5.41, 5.74) is 0.776. The fourth-order valence-electron chi connectivity index (χ4n) is 2.05. The van der Waals surface area contributed by atoms with Crippen molar-refractivity contribution in [3.05, 3.63) is 26.6 Å². The van der Waals surface area contributed by atoms with Crippen LogP contribution in [0.1, 0.15) is 30.1 Å². The van der Waals surface area contributed by atoms with Crippen LogP contribution in [0.15, 0.2) is 4.79 Å². The fraction of sp³-hybridized carbons (Fsp3) is 0.533. The van der Waals surface area contributed by atoms with Crippen LogP contribution in [0, 0.1) is 26.7 Å². The topological polar surface area (TPSA) is 61.2 Å². The molecule has 0 aliphatic heterocycles. The smallest absolute Gasteiger partial charge is 0.326 e. The number of hydrogen-bond donors (Lipinski definition) is 0. The van der Waals surface area contributed by atoms with Crippen molar-refractivity contribution in [3.8, 4) is 0 Å². The zero-order valence-corrected chi connectivity index (χ0v) is 13.8. The second kappa shape index (κ2) is 5.97. The lowest BCUT2D eigenvalue weighted by molar-refractivity contribution is -0.145. The molecule has 0 amide bonds. The molecule has 2 rings (SSSR count). The Hall–Kier alpha value is -1.69. The van der Waals surface area contributed by atoms with E-state index in [9.17, 15) is 9.59 Å². The number of fused-ring (bicyclic) bond motifs is 1. The van der Waals surface area contributed by atoms with Crippen molar-refractivity contribution in [1.29, 1.82) is 0 Å². The Kier molecular flexibility index (Phi) is 4.46. The molecule has 0 atom stereocenters. The molecule has 5 nitrogen and oxygen atoms in total. The minimum absolute atomic E-state index is 0.0886. The van der Waals surface area contributed by atoms with E-state index < -0.39 is 5.97 Å². The summed E-state index contributed by atoms with van der Waals surface area (Å²) in [5, 5.41) is 0.611. The SMILES string of the molecule is Cc1sc2nc(C)n(CC(=O)OCC(C)C)c(=O)c2c1C. The van der Waals surface area contributed by atoms with Crippen molar-refractivity contribution in [1.82, 2.24) is 9.55 Å². The van der Waals surface area contributed by atoms with Crippen LogP contribution in [0.4, 0.5) is 0 Å². The number of rotatable bonds is 4. The zero-order chi connectivity index (χ0) is 15.7. The van der Waals surface area contributed by atoms with Crippen LogP contribution in [0.5, 0.6) is 0 Å². The molecule has 0 spiro atoms. The van der Waals surface area contributed by atoms with Crippen LogP contribution in [0.3, 0.4) is 0 Å². The van der Waals surface area contributed by atoms with Crippen molar-refractivity contribution in [3.63, 3.8) is 0 Å². The molecule has 2 aromatic rings. The third-order valence-electron chi connectivity index (χ3n) is 3.34. The summed E-state index contributed by atoms with van der Waals surface area (Å²) < 4.78 is 6.53.